The fraction of sp³-hybridized carbons (Fsp3) is 0.500. The van der Waals surface area contributed by atoms with Gasteiger partial charge in [0.05, 0.1) is 7.11 Å². The molecule has 0 aliphatic heterocycles. The van der Waals surface area contributed by atoms with Gasteiger partial charge in [-0.3, -0.25) is 4.79 Å². The zero-order valence-electron chi connectivity index (χ0n) is 9.13. The van der Waals surface area contributed by atoms with Crippen LogP contribution in [0.1, 0.15) is 13.3 Å². The van der Waals surface area contributed by atoms with Gasteiger partial charge in [-0.05, 0) is 6.42 Å². The van der Waals surface area contributed by atoms with Crippen LogP contribution in [0.5, 0.6) is 0 Å². The molecular formula is C10H13NO5. The Labute approximate surface area is 92.9 Å². The summed E-state index contributed by atoms with van der Waals surface area (Å²) < 4.78 is 9.05. The quantitative estimate of drug-likeness (QED) is 0.283. The molecule has 1 unspecified atom stereocenters. The molecule has 0 bridgehead atoms. The van der Waals surface area contributed by atoms with Gasteiger partial charge in [-0.25, -0.2) is 9.59 Å². The van der Waals surface area contributed by atoms with Crippen molar-refractivity contribution in [1.29, 1.82) is 0 Å². The molecule has 0 saturated carbocycles. The van der Waals surface area contributed by atoms with Gasteiger partial charge in [-0.15, -0.1) is 0 Å². The van der Waals surface area contributed by atoms with Gasteiger partial charge >= 0.3 is 11.9 Å². The number of methoxy groups -OCH3 is 1. The molecule has 0 saturated heterocycles. The number of hydrogen-bond donors (Lipinski definition) is 0. The van der Waals surface area contributed by atoms with Gasteiger partial charge < -0.3 is 9.47 Å². The van der Waals surface area contributed by atoms with Crippen molar-refractivity contribution >= 4 is 18.0 Å². The highest BCUT2D eigenvalue weighted by Gasteiger charge is 2.15. The van der Waals surface area contributed by atoms with E-state index in [9.17, 15) is 14.4 Å². The van der Waals surface area contributed by atoms with E-state index >= 15 is 0 Å². The van der Waals surface area contributed by atoms with Crippen molar-refractivity contribution in [2.75, 3.05) is 13.7 Å². The molecular weight excluding hydrogens is 214 g/mol. The Morgan fingerprint density at radius 3 is 2.62 bits per heavy atom. The highest BCUT2D eigenvalue weighted by molar-refractivity contribution is 5.77. The number of hydrogen-bond acceptors (Lipinski definition) is 6. The molecule has 0 fully saturated rings. The second kappa shape index (κ2) is 8.38. The average molecular weight is 227 g/mol. The van der Waals surface area contributed by atoms with Crippen LogP contribution in [0.4, 0.5) is 0 Å². The Morgan fingerprint density at radius 2 is 2.12 bits per heavy atom. The van der Waals surface area contributed by atoms with E-state index in [-0.39, 0.29) is 19.0 Å². The van der Waals surface area contributed by atoms with E-state index in [2.05, 4.69) is 14.5 Å². The Morgan fingerprint density at radius 1 is 1.44 bits per heavy atom. The molecule has 6 nitrogen and oxygen atoms in total. The normalized spacial score (nSPS) is 11.6. The molecule has 6 heteroatoms. The maximum absolute atomic E-state index is 11.1. The van der Waals surface area contributed by atoms with Crippen LogP contribution in [-0.4, -0.2) is 37.8 Å². The molecule has 0 N–H and O–H groups in total. The Bertz CT molecular complexity index is 317. The zero-order valence-corrected chi connectivity index (χ0v) is 9.13. The van der Waals surface area contributed by atoms with Gasteiger partial charge in [0, 0.05) is 6.92 Å². The number of isocyanates is 1. The van der Waals surface area contributed by atoms with E-state index in [1.807, 2.05) is 0 Å². The van der Waals surface area contributed by atoms with Gasteiger partial charge in [0.1, 0.15) is 6.61 Å². The molecule has 0 heterocycles. The minimum atomic E-state index is -0.893. The highest BCUT2D eigenvalue weighted by atomic mass is 16.5. The summed E-state index contributed by atoms with van der Waals surface area (Å²) in [6.07, 6.45) is 4.62. The third-order valence-corrected chi connectivity index (χ3v) is 1.59. The number of carbonyl (C=O) groups excluding carboxylic acids is 3. The summed E-state index contributed by atoms with van der Waals surface area (Å²) in [4.78, 5) is 34.8. The van der Waals surface area contributed by atoms with Gasteiger partial charge in [0.25, 0.3) is 0 Å². The minimum Gasteiger partial charge on any atom is -0.467 e. The molecule has 0 radical (unpaired) electrons. The predicted octanol–water partition coefficient (Wildman–Crippen LogP) is 0.373. The van der Waals surface area contributed by atoms with Crippen molar-refractivity contribution in [2.24, 2.45) is 4.99 Å². The number of rotatable bonds is 6. The van der Waals surface area contributed by atoms with Gasteiger partial charge in [-0.1, -0.05) is 12.2 Å². The molecule has 0 aliphatic carbocycles. The lowest BCUT2D eigenvalue weighted by Crippen LogP contribution is -2.19. The van der Waals surface area contributed by atoms with Gasteiger partial charge in [0.15, 0.2) is 6.04 Å². The van der Waals surface area contributed by atoms with Gasteiger partial charge in [-0.2, -0.15) is 4.99 Å². The number of nitrogens with zero attached hydrogens (tertiary/aromatic N) is 1. The van der Waals surface area contributed by atoms with Gasteiger partial charge in [0.2, 0.25) is 6.08 Å². The standard InChI is InChI=1S/C10H13NO5/c1-8(13)16-6-4-3-5-9(11-7-12)10(14)15-2/h3-4,9H,5-6H2,1-2H3. The first-order valence-corrected chi connectivity index (χ1v) is 4.55. The second-order valence-corrected chi connectivity index (χ2v) is 2.77. The SMILES string of the molecule is COC(=O)C(CC=CCOC(C)=O)N=C=O. The van der Waals surface area contributed by atoms with Crippen molar-refractivity contribution in [3.8, 4) is 0 Å². The molecule has 88 valence electrons. The third-order valence-electron chi connectivity index (χ3n) is 1.59. The lowest BCUT2D eigenvalue weighted by Gasteiger charge is -2.04. The van der Waals surface area contributed by atoms with E-state index in [0.717, 1.165) is 0 Å². The average Bonchev–Trinajstić information content (AvgIpc) is 2.25. The molecule has 0 aromatic heterocycles. The zero-order chi connectivity index (χ0) is 12.4. The number of carbonyl (C=O) groups is 2. The van der Waals surface area contributed by atoms with Crippen LogP contribution in [0.25, 0.3) is 0 Å². The van der Waals surface area contributed by atoms with Crippen molar-refractivity contribution in [3.63, 3.8) is 0 Å². The summed E-state index contributed by atoms with van der Waals surface area (Å²) >= 11 is 0. The molecule has 16 heavy (non-hydrogen) atoms. The van der Waals surface area contributed by atoms with Crippen LogP contribution in [0.15, 0.2) is 17.1 Å². The molecule has 0 rings (SSSR count). The van der Waals surface area contributed by atoms with E-state index in [1.54, 1.807) is 12.2 Å². The van der Waals surface area contributed by atoms with Crippen molar-refractivity contribution in [1.82, 2.24) is 0 Å². The lowest BCUT2D eigenvalue weighted by atomic mass is 10.2. The van der Waals surface area contributed by atoms with Crippen molar-refractivity contribution in [3.05, 3.63) is 12.2 Å². The second-order valence-electron chi connectivity index (χ2n) is 2.77. The van der Waals surface area contributed by atoms with Crippen LogP contribution in [0, 0.1) is 0 Å². The first-order valence-electron chi connectivity index (χ1n) is 4.55. The number of esters is 2. The molecule has 0 amide bonds. The maximum atomic E-state index is 11.1. The Kier molecular flexibility index (Phi) is 7.36. The summed E-state index contributed by atoms with van der Waals surface area (Å²) in [5.74, 6) is -0.999. The molecule has 0 aromatic carbocycles. The monoisotopic (exact) mass is 227 g/mol. The molecule has 0 aliphatic rings. The fourth-order valence-electron chi connectivity index (χ4n) is 0.860. The predicted molar refractivity (Wildman–Crippen MR) is 54.3 cm³/mol. The minimum absolute atomic E-state index is 0.119. The van der Waals surface area contributed by atoms with Crippen LogP contribution >= 0.6 is 0 Å². The molecule has 0 aromatic rings. The van der Waals surface area contributed by atoms with E-state index in [1.165, 1.54) is 20.1 Å². The maximum Gasteiger partial charge on any atom is 0.331 e. The Balaban J connectivity index is 4.06. The lowest BCUT2D eigenvalue weighted by molar-refractivity contribution is -0.142. The first-order chi connectivity index (χ1) is 7.61. The third kappa shape index (κ3) is 6.50. The summed E-state index contributed by atoms with van der Waals surface area (Å²) in [5.41, 5.74) is 0. The smallest absolute Gasteiger partial charge is 0.331 e. The largest absolute Gasteiger partial charge is 0.467 e. The van der Waals surface area contributed by atoms with Crippen LogP contribution in [0.2, 0.25) is 0 Å². The molecule has 0 spiro atoms. The van der Waals surface area contributed by atoms with Crippen LogP contribution in [-0.2, 0) is 23.9 Å². The number of aliphatic imine (C=N–C) groups is 1. The van der Waals surface area contributed by atoms with Crippen molar-refractivity contribution < 1.29 is 23.9 Å². The van der Waals surface area contributed by atoms with Crippen LogP contribution in [0.3, 0.4) is 0 Å². The summed E-state index contributed by atoms with van der Waals surface area (Å²) in [5, 5.41) is 0. The Hall–Kier alpha value is -1.94. The van der Waals surface area contributed by atoms with Crippen LogP contribution < -0.4 is 0 Å². The topological polar surface area (TPSA) is 82.0 Å². The molecule has 1 atom stereocenters. The van der Waals surface area contributed by atoms with E-state index in [0.29, 0.717) is 0 Å². The van der Waals surface area contributed by atoms with Crippen molar-refractivity contribution in [2.45, 2.75) is 19.4 Å². The first kappa shape index (κ1) is 14.1. The van der Waals surface area contributed by atoms with E-state index < -0.39 is 12.0 Å². The fourth-order valence-corrected chi connectivity index (χ4v) is 0.860. The summed E-state index contributed by atoms with van der Waals surface area (Å²) in [6, 6.07) is -0.893. The highest BCUT2D eigenvalue weighted by Crippen LogP contribution is 2.01. The van der Waals surface area contributed by atoms with E-state index in [4.69, 9.17) is 0 Å². The summed E-state index contributed by atoms with van der Waals surface area (Å²) in [7, 11) is 1.21. The number of ether oxygens (including phenoxy) is 2. The summed E-state index contributed by atoms with van der Waals surface area (Å²) in [6.45, 7) is 1.41.